The molecule has 1 rings (SSSR count). The average Bonchev–Trinajstić information content (AvgIpc) is 2.62. The first kappa shape index (κ1) is 11.0. The van der Waals surface area contributed by atoms with Crippen molar-refractivity contribution in [3.05, 3.63) is 0 Å². The summed E-state index contributed by atoms with van der Waals surface area (Å²) in [5.41, 5.74) is 0. The molecule has 0 spiro atoms. The van der Waals surface area contributed by atoms with Crippen LogP contribution in [0.2, 0.25) is 0 Å². The van der Waals surface area contributed by atoms with Gasteiger partial charge in [-0.3, -0.25) is 0 Å². The molecule has 1 fully saturated rings. The van der Waals surface area contributed by atoms with E-state index < -0.39 is 0 Å². The van der Waals surface area contributed by atoms with Crippen LogP contribution in [0.3, 0.4) is 0 Å². The van der Waals surface area contributed by atoms with Crippen molar-refractivity contribution in [3.8, 4) is 0 Å². The van der Waals surface area contributed by atoms with Crippen LogP contribution in [0.4, 0.5) is 0 Å². The van der Waals surface area contributed by atoms with Crippen molar-refractivity contribution in [2.45, 2.75) is 57.7 Å². The predicted molar refractivity (Wildman–Crippen MR) is 53.7 cm³/mol. The predicted octanol–water partition coefficient (Wildman–Crippen LogP) is 3.11. The van der Waals surface area contributed by atoms with E-state index in [1.807, 2.05) is 0 Å². The minimum absolute atomic E-state index is 0.215. The van der Waals surface area contributed by atoms with Crippen LogP contribution in [-0.4, -0.2) is 19.5 Å². The van der Waals surface area contributed by atoms with Gasteiger partial charge in [-0.2, -0.15) is 0 Å². The molecule has 1 aliphatic rings. The maximum atomic E-state index is 5.82. The summed E-state index contributed by atoms with van der Waals surface area (Å²) >= 11 is 0. The molecule has 78 valence electrons. The van der Waals surface area contributed by atoms with Crippen LogP contribution in [0.15, 0.2) is 0 Å². The Morgan fingerprint density at radius 1 is 1.15 bits per heavy atom. The molecule has 1 saturated carbocycles. The molecule has 0 atom stereocenters. The first-order chi connectivity index (χ1) is 6.33. The second-order valence-electron chi connectivity index (χ2n) is 3.88. The van der Waals surface area contributed by atoms with Crippen molar-refractivity contribution >= 4 is 0 Å². The first-order valence-corrected chi connectivity index (χ1v) is 5.52. The van der Waals surface area contributed by atoms with Gasteiger partial charge in [-0.15, -0.1) is 0 Å². The lowest BCUT2D eigenvalue weighted by Gasteiger charge is -2.27. The number of methoxy groups -OCH3 is 1. The molecular weight excluding hydrogens is 164 g/mol. The van der Waals surface area contributed by atoms with E-state index in [2.05, 4.69) is 6.92 Å². The summed E-state index contributed by atoms with van der Waals surface area (Å²) in [5, 5.41) is 0. The van der Waals surface area contributed by atoms with Crippen molar-refractivity contribution in [1.82, 2.24) is 0 Å². The maximum absolute atomic E-state index is 5.82. The molecule has 0 aromatic rings. The topological polar surface area (TPSA) is 18.5 Å². The molecule has 0 N–H and O–H groups in total. The van der Waals surface area contributed by atoms with E-state index in [9.17, 15) is 0 Å². The molecule has 0 aromatic carbocycles. The highest BCUT2D eigenvalue weighted by Crippen LogP contribution is 2.33. The van der Waals surface area contributed by atoms with E-state index >= 15 is 0 Å². The molecule has 0 unspecified atom stereocenters. The molecule has 0 amide bonds. The lowest BCUT2D eigenvalue weighted by molar-refractivity contribution is -0.217. The van der Waals surface area contributed by atoms with Gasteiger partial charge < -0.3 is 9.47 Å². The van der Waals surface area contributed by atoms with Crippen LogP contribution >= 0.6 is 0 Å². The third-order valence-electron chi connectivity index (χ3n) is 2.85. The third kappa shape index (κ3) is 3.28. The highest BCUT2D eigenvalue weighted by atomic mass is 16.7. The molecule has 0 saturated heterocycles. The number of hydrogen-bond acceptors (Lipinski definition) is 2. The Morgan fingerprint density at radius 2 is 1.85 bits per heavy atom. The van der Waals surface area contributed by atoms with Gasteiger partial charge in [0.15, 0.2) is 5.79 Å². The summed E-state index contributed by atoms with van der Waals surface area (Å²) in [7, 11) is 1.77. The van der Waals surface area contributed by atoms with Crippen molar-refractivity contribution < 1.29 is 9.47 Å². The van der Waals surface area contributed by atoms with Crippen LogP contribution in [0.1, 0.15) is 51.9 Å². The Hall–Kier alpha value is -0.0800. The normalized spacial score (nSPS) is 20.8. The van der Waals surface area contributed by atoms with Crippen molar-refractivity contribution in [3.63, 3.8) is 0 Å². The molecule has 0 bridgehead atoms. The summed E-state index contributed by atoms with van der Waals surface area (Å²) in [4.78, 5) is 0. The van der Waals surface area contributed by atoms with Crippen LogP contribution in [0.5, 0.6) is 0 Å². The van der Waals surface area contributed by atoms with Crippen LogP contribution in [0.25, 0.3) is 0 Å². The van der Waals surface area contributed by atoms with Gasteiger partial charge in [0, 0.05) is 20.0 Å². The van der Waals surface area contributed by atoms with Gasteiger partial charge in [0.2, 0.25) is 0 Å². The van der Waals surface area contributed by atoms with Crippen molar-refractivity contribution in [1.29, 1.82) is 0 Å². The largest absolute Gasteiger partial charge is 0.353 e. The highest BCUT2D eigenvalue weighted by molar-refractivity contribution is 4.76. The summed E-state index contributed by atoms with van der Waals surface area (Å²) in [5.74, 6) is -0.215. The minimum Gasteiger partial charge on any atom is -0.353 e. The van der Waals surface area contributed by atoms with Crippen LogP contribution in [0, 0.1) is 0 Å². The number of unbranched alkanes of at least 4 members (excludes halogenated alkanes) is 2. The van der Waals surface area contributed by atoms with E-state index in [-0.39, 0.29) is 5.79 Å². The number of rotatable bonds is 6. The third-order valence-corrected chi connectivity index (χ3v) is 2.85. The summed E-state index contributed by atoms with van der Waals surface area (Å²) < 4.78 is 11.3. The van der Waals surface area contributed by atoms with E-state index in [0.29, 0.717) is 0 Å². The maximum Gasteiger partial charge on any atom is 0.167 e. The Labute approximate surface area is 81.6 Å². The summed E-state index contributed by atoms with van der Waals surface area (Å²) in [6.45, 7) is 3.07. The Balaban J connectivity index is 2.16. The highest BCUT2D eigenvalue weighted by Gasteiger charge is 2.34. The lowest BCUT2D eigenvalue weighted by Crippen LogP contribution is -2.31. The zero-order valence-electron chi connectivity index (χ0n) is 8.97. The molecule has 0 aliphatic heterocycles. The van der Waals surface area contributed by atoms with Gasteiger partial charge in [-0.1, -0.05) is 19.8 Å². The Kier molecular flexibility index (Phi) is 4.74. The standard InChI is InChI=1S/C11H22O2/c1-3-4-7-10-13-11(12-2)8-5-6-9-11/h3-10H2,1-2H3. The van der Waals surface area contributed by atoms with E-state index in [0.717, 1.165) is 19.4 Å². The molecule has 0 radical (unpaired) electrons. The van der Waals surface area contributed by atoms with Gasteiger partial charge in [0.05, 0.1) is 6.61 Å². The fourth-order valence-electron chi connectivity index (χ4n) is 1.93. The zero-order chi connectivity index (χ0) is 9.57. The fourth-order valence-corrected chi connectivity index (χ4v) is 1.93. The number of hydrogen-bond donors (Lipinski definition) is 0. The molecule has 2 heteroatoms. The second kappa shape index (κ2) is 5.61. The minimum atomic E-state index is -0.215. The smallest absolute Gasteiger partial charge is 0.167 e. The van der Waals surface area contributed by atoms with Gasteiger partial charge in [0.25, 0.3) is 0 Å². The molecule has 13 heavy (non-hydrogen) atoms. The monoisotopic (exact) mass is 186 g/mol. The average molecular weight is 186 g/mol. The lowest BCUT2D eigenvalue weighted by atomic mass is 10.2. The van der Waals surface area contributed by atoms with Gasteiger partial charge >= 0.3 is 0 Å². The first-order valence-electron chi connectivity index (χ1n) is 5.52. The molecule has 1 aliphatic carbocycles. The van der Waals surface area contributed by atoms with Crippen LogP contribution in [-0.2, 0) is 9.47 Å². The summed E-state index contributed by atoms with van der Waals surface area (Å²) in [6, 6.07) is 0. The number of ether oxygens (including phenoxy) is 2. The Bertz CT molecular complexity index is 128. The van der Waals surface area contributed by atoms with Gasteiger partial charge in [-0.25, -0.2) is 0 Å². The second-order valence-corrected chi connectivity index (χ2v) is 3.88. The summed E-state index contributed by atoms with van der Waals surface area (Å²) in [6.07, 6.45) is 8.35. The van der Waals surface area contributed by atoms with E-state index in [4.69, 9.17) is 9.47 Å². The zero-order valence-corrected chi connectivity index (χ0v) is 8.97. The van der Waals surface area contributed by atoms with Crippen LogP contribution < -0.4 is 0 Å². The van der Waals surface area contributed by atoms with Crippen molar-refractivity contribution in [2.75, 3.05) is 13.7 Å². The quantitative estimate of drug-likeness (QED) is 0.469. The van der Waals surface area contributed by atoms with Gasteiger partial charge in [0.1, 0.15) is 0 Å². The molecule has 0 aromatic heterocycles. The van der Waals surface area contributed by atoms with Crippen molar-refractivity contribution in [2.24, 2.45) is 0 Å². The molecular formula is C11H22O2. The van der Waals surface area contributed by atoms with E-state index in [1.54, 1.807) is 7.11 Å². The fraction of sp³-hybridized carbons (Fsp3) is 1.00. The molecule has 0 heterocycles. The molecule has 2 nitrogen and oxygen atoms in total. The van der Waals surface area contributed by atoms with E-state index in [1.165, 1.54) is 32.1 Å². The Morgan fingerprint density at radius 3 is 2.38 bits per heavy atom. The van der Waals surface area contributed by atoms with Gasteiger partial charge in [-0.05, 0) is 19.3 Å². The SMILES string of the molecule is CCCCCOC1(OC)CCCC1.